The van der Waals surface area contributed by atoms with Crippen molar-refractivity contribution in [1.82, 2.24) is 9.80 Å². The summed E-state index contributed by atoms with van der Waals surface area (Å²) >= 11 is 0. The first kappa shape index (κ1) is 17.9. The molecule has 0 spiro atoms. The summed E-state index contributed by atoms with van der Waals surface area (Å²) in [6, 6.07) is 6.98. The van der Waals surface area contributed by atoms with E-state index >= 15 is 0 Å². The minimum Gasteiger partial charge on any atom is -0.375 e. The van der Waals surface area contributed by atoms with E-state index in [1.165, 1.54) is 12.1 Å². The van der Waals surface area contributed by atoms with Crippen molar-refractivity contribution in [2.24, 2.45) is 5.92 Å². The Hall–Kier alpha value is -1.46. The summed E-state index contributed by atoms with van der Waals surface area (Å²) in [6.07, 6.45) is 0.944. The SMILES string of the molecule is COCC(=O)N1CCCN(Cc2ccc(F)cc2)[C@H](C(C)C)C1. The molecule has 128 valence electrons. The molecule has 1 amide bonds. The molecule has 4 nitrogen and oxygen atoms in total. The summed E-state index contributed by atoms with van der Waals surface area (Å²) in [5.41, 5.74) is 1.11. The van der Waals surface area contributed by atoms with E-state index in [0.717, 1.165) is 38.2 Å². The molecule has 23 heavy (non-hydrogen) atoms. The molecule has 2 rings (SSSR count). The van der Waals surface area contributed by atoms with Gasteiger partial charge in [-0.05, 0) is 30.0 Å². The van der Waals surface area contributed by atoms with Gasteiger partial charge in [-0.15, -0.1) is 0 Å². The van der Waals surface area contributed by atoms with Crippen LogP contribution in [0.4, 0.5) is 4.39 Å². The van der Waals surface area contributed by atoms with Crippen LogP contribution in [-0.4, -0.2) is 55.1 Å². The van der Waals surface area contributed by atoms with Crippen LogP contribution in [-0.2, 0) is 16.1 Å². The molecule has 0 radical (unpaired) electrons. The number of halogens is 1. The molecule has 0 unspecified atom stereocenters. The van der Waals surface area contributed by atoms with Crippen LogP contribution in [0, 0.1) is 11.7 Å². The molecular formula is C18H27FN2O2. The highest BCUT2D eigenvalue weighted by Crippen LogP contribution is 2.20. The smallest absolute Gasteiger partial charge is 0.248 e. The van der Waals surface area contributed by atoms with Gasteiger partial charge in [-0.1, -0.05) is 26.0 Å². The molecule has 0 bridgehead atoms. The maximum atomic E-state index is 13.1. The number of nitrogens with zero attached hydrogens (tertiary/aromatic N) is 2. The Labute approximate surface area is 138 Å². The van der Waals surface area contributed by atoms with Gasteiger partial charge in [0.15, 0.2) is 0 Å². The van der Waals surface area contributed by atoms with Crippen LogP contribution in [0.25, 0.3) is 0 Å². The molecule has 1 aliphatic heterocycles. The van der Waals surface area contributed by atoms with Gasteiger partial charge < -0.3 is 9.64 Å². The third-order valence-electron chi connectivity index (χ3n) is 4.44. The lowest BCUT2D eigenvalue weighted by Gasteiger charge is -2.34. The van der Waals surface area contributed by atoms with E-state index in [-0.39, 0.29) is 18.3 Å². The molecule has 0 saturated carbocycles. The number of amides is 1. The van der Waals surface area contributed by atoms with Crippen LogP contribution in [0.3, 0.4) is 0 Å². The average molecular weight is 322 g/mol. The zero-order valence-corrected chi connectivity index (χ0v) is 14.3. The second-order valence-corrected chi connectivity index (χ2v) is 6.53. The number of methoxy groups -OCH3 is 1. The molecule has 1 aromatic carbocycles. The Balaban J connectivity index is 2.09. The van der Waals surface area contributed by atoms with Gasteiger partial charge in [-0.25, -0.2) is 4.39 Å². The minimum atomic E-state index is -0.207. The predicted molar refractivity (Wildman–Crippen MR) is 88.5 cm³/mol. The number of rotatable bonds is 5. The molecule has 5 heteroatoms. The third-order valence-corrected chi connectivity index (χ3v) is 4.44. The van der Waals surface area contributed by atoms with E-state index in [1.54, 1.807) is 7.11 Å². The van der Waals surface area contributed by atoms with Crippen molar-refractivity contribution in [3.05, 3.63) is 35.6 Å². The van der Waals surface area contributed by atoms with E-state index in [4.69, 9.17) is 4.74 Å². The summed E-state index contributed by atoms with van der Waals surface area (Å²) in [4.78, 5) is 16.5. The van der Waals surface area contributed by atoms with Crippen LogP contribution in [0.5, 0.6) is 0 Å². The molecule has 0 aliphatic carbocycles. The van der Waals surface area contributed by atoms with Gasteiger partial charge in [0.2, 0.25) is 5.91 Å². The maximum absolute atomic E-state index is 13.1. The van der Waals surface area contributed by atoms with Crippen LogP contribution in [0.15, 0.2) is 24.3 Å². The van der Waals surface area contributed by atoms with Crippen molar-refractivity contribution in [3.8, 4) is 0 Å². The van der Waals surface area contributed by atoms with Crippen molar-refractivity contribution in [2.45, 2.75) is 32.9 Å². The van der Waals surface area contributed by atoms with Gasteiger partial charge in [-0.2, -0.15) is 0 Å². The van der Waals surface area contributed by atoms with E-state index < -0.39 is 0 Å². The quantitative estimate of drug-likeness (QED) is 0.835. The average Bonchev–Trinajstić information content (AvgIpc) is 2.72. The van der Waals surface area contributed by atoms with E-state index in [0.29, 0.717) is 12.0 Å². The Kier molecular flexibility index (Phi) is 6.54. The van der Waals surface area contributed by atoms with E-state index in [9.17, 15) is 9.18 Å². The van der Waals surface area contributed by atoms with E-state index in [1.807, 2.05) is 17.0 Å². The first-order chi connectivity index (χ1) is 11.0. The first-order valence-corrected chi connectivity index (χ1v) is 8.26. The normalized spacial score (nSPS) is 19.9. The van der Waals surface area contributed by atoms with Crippen molar-refractivity contribution in [2.75, 3.05) is 33.4 Å². The summed E-state index contributed by atoms with van der Waals surface area (Å²) in [7, 11) is 1.55. The minimum absolute atomic E-state index is 0.0572. The second kappa shape index (κ2) is 8.41. The van der Waals surface area contributed by atoms with Gasteiger partial charge >= 0.3 is 0 Å². The predicted octanol–water partition coefficient (Wildman–Crippen LogP) is 2.53. The van der Waals surface area contributed by atoms with Crippen molar-refractivity contribution in [1.29, 1.82) is 0 Å². The van der Waals surface area contributed by atoms with Crippen LogP contribution in [0.1, 0.15) is 25.8 Å². The Morgan fingerprint density at radius 2 is 2.00 bits per heavy atom. The molecule has 1 saturated heterocycles. The van der Waals surface area contributed by atoms with Crippen LogP contribution >= 0.6 is 0 Å². The van der Waals surface area contributed by atoms with Gasteiger partial charge in [0.1, 0.15) is 12.4 Å². The highest BCUT2D eigenvalue weighted by atomic mass is 19.1. The Bertz CT molecular complexity index is 504. The van der Waals surface area contributed by atoms with Gasteiger partial charge in [0, 0.05) is 39.3 Å². The Morgan fingerprint density at radius 3 is 2.61 bits per heavy atom. The number of hydrogen-bond donors (Lipinski definition) is 0. The summed E-state index contributed by atoms with van der Waals surface area (Å²) in [6.45, 7) is 7.74. The largest absolute Gasteiger partial charge is 0.375 e. The molecule has 1 aliphatic rings. The monoisotopic (exact) mass is 322 g/mol. The number of carbonyl (C=O) groups excluding carboxylic acids is 1. The fraction of sp³-hybridized carbons (Fsp3) is 0.611. The van der Waals surface area contributed by atoms with Gasteiger partial charge in [0.25, 0.3) is 0 Å². The summed E-state index contributed by atoms with van der Waals surface area (Å²) < 4.78 is 18.1. The number of hydrogen-bond acceptors (Lipinski definition) is 3. The number of benzene rings is 1. The lowest BCUT2D eigenvalue weighted by atomic mass is 10.0. The molecule has 0 aromatic heterocycles. The molecule has 1 aromatic rings. The van der Waals surface area contributed by atoms with Crippen molar-refractivity contribution >= 4 is 5.91 Å². The zero-order valence-electron chi connectivity index (χ0n) is 14.3. The molecular weight excluding hydrogens is 295 g/mol. The fourth-order valence-corrected chi connectivity index (χ4v) is 3.16. The maximum Gasteiger partial charge on any atom is 0.248 e. The molecule has 0 N–H and O–H groups in total. The van der Waals surface area contributed by atoms with Crippen molar-refractivity contribution < 1.29 is 13.9 Å². The van der Waals surface area contributed by atoms with Gasteiger partial charge in [0.05, 0.1) is 0 Å². The second-order valence-electron chi connectivity index (χ2n) is 6.53. The molecule has 1 atom stereocenters. The standard InChI is InChI=1S/C18H27FN2O2/c1-14(2)17-12-21(18(22)13-23-3)10-4-9-20(17)11-15-5-7-16(19)8-6-15/h5-8,14,17H,4,9-13H2,1-3H3/t17-/m0/s1. The highest BCUT2D eigenvalue weighted by Gasteiger charge is 2.29. The highest BCUT2D eigenvalue weighted by molar-refractivity contribution is 5.77. The lowest BCUT2D eigenvalue weighted by molar-refractivity contribution is -0.135. The van der Waals surface area contributed by atoms with Gasteiger partial charge in [-0.3, -0.25) is 9.69 Å². The summed E-state index contributed by atoms with van der Waals surface area (Å²) in [5, 5.41) is 0. The molecule has 1 heterocycles. The van der Waals surface area contributed by atoms with Crippen molar-refractivity contribution in [3.63, 3.8) is 0 Å². The van der Waals surface area contributed by atoms with Crippen LogP contribution in [0.2, 0.25) is 0 Å². The third kappa shape index (κ3) is 5.01. The Morgan fingerprint density at radius 1 is 1.30 bits per heavy atom. The zero-order chi connectivity index (χ0) is 16.8. The van der Waals surface area contributed by atoms with E-state index in [2.05, 4.69) is 18.7 Å². The number of carbonyl (C=O) groups is 1. The molecule has 1 fully saturated rings. The summed E-state index contributed by atoms with van der Waals surface area (Å²) in [5.74, 6) is 0.287. The number of ether oxygens (including phenoxy) is 1. The fourth-order valence-electron chi connectivity index (χ4n) is 3.16. The van der Waals surface area contributed by atoms with Crippen LogP contribution < -0.4 is 0 Å². The first-order valence-electron chi connectivity index (χ1n) is 8.26. The lowest BCUT2D eigenvalue weighted by Crippen LogP contribution is -2.46. The topological polar surface area (TPSA) is 32.8 Å².